The fourth-order valence-corrected chi connectivity index (χ4v) is 2.05. The van der Waals surface area contributed by atoms with Crippen molar-refractivity contribution in [1.82, 2.24) is 10.2 Å². The van der Waals surface area contributed by atoms with Crippen molar-refractivity contribution in [2.24, 2.45) is 0 Å². The Morgan fingerprint density at radius 1 is 1.47 bits per heavy atom. The van der Waals surface area contributed by atoms with E-state index in [4.69, 9.17) is 6.42 Å². The van der Waals surface area contributed by atoms with Gasteiger partial charge in [0, 0.05) is 18.0 Å². The predicted octanol–water partition coefficient (Wildman–Crippen LogP) is 2.11. The van der Waals surface area contributed by atoms with Crippen molar-refractivity contribution in [1.29, 1.82) is 0 Å². The molecule has 2 heteroatoms. The Morgan fingerprint density at radius 2 is 2.07 bits per heavy atom. The maximum atomic E-state index is 5.28. The van der Waals surface area contributed by atoms with E-state index >= 15 is 0 Å². The minimum absolute atomic E-state index is 0.212. The maximum Gasteiger partial charge on any atom is 0.0325 e. The van der Waals surface area contributed by atoms with E-state index < -0.39 is 0 Å². The zero-order valence-corrected chi connectivity index (χ0v) is 10.9. The molecule has 0 saturated carbocycles. The molecule has 0 heterocycles. The van der Waals surface area contributed by atoms with Crippen molar-refractivity contribution in [2.45, 2.75) is 51.1 Å². The summed E-state index contributed by atoms with van der Waals surface area (Å²) in [4.78, 5) is 2.31. The minimum Gasteiger partial charge on any atom is -0.315 e. The Bertz CT molecular complexity index is 205. The van der Waals surface area contributed by atoms with Gasteiger partial charge in [0.05, 0.1) is 0 Å². The normalized spacial score (nSPS) is 17.1. The number of rotatable bonds is 7. The monoisotopic (exact) mass is 210 g/mol. The number of hydrogen-bond acceptors (Lipinski definition) is 2. The van der Waals surface area contributed by atoms with Gasteiger partial charge in [0.2, 0.25) is 0 Å². The third-order valence-electron chi connectivity index (χ3n) is 3.65. The third kappa shape index (κ3) is 3.85. The van der Waals surface area contributed by atoms with Crippen LogP contribution >= 0.6 is 0 Å². The first-order valence-corrected chi connectivity index (χ1v) is 5.81. The smallest absolute Gasteiger partial charge is 0.0325 e. The fourth-order valence-electron chi connectivity index (χ4n) is 2.05. The second kappa shape index (κ2) is 6.87. The first-order valence-electron chi connectivity index (χ1n) is 5.81. The fraction of sp³-hybridized carbons (Fsp3) is 0.846. The number of nitrogens with zero attached hydrogens (tertiary/aromatic N) is 1. The Morgan fingerprint density at radius 3 is 2.40 bits per heavy atom. The van der Waals surface area contributed by atoms with Gasteiger partial charge in [-0.1, -0.05) is 6.92 Å². The van der Waals surface area contributed by atoms with Crippen LogP contribution in [0, 0.1) is 12.3 Å². The van der Waals surface area contributed by atoms with Crippen LogP contribution in [0.4, 0.5) is 0 Å². The van der Waals surface area contributed by atoms with Gasteiger partial charge in [-0.2, -0.15) is 0 Å². The number of likely N-dealkylation sites (N-methyl/N-ethyl adjacent to an activating group) is 2. The van der Waals surface area contributed by atoms with Gasteiger partial charge in [-0.05, 0) is 47.3 Å². The summed E-state index contributed by atoms with van der Waals surface area (Å²) >= 11 is 0. The molecule has 0 aliphatic rings. The first-order chi connectivity index (χ1) is 7.02. The van der Waals surface area contributed by atoms with E-state index in [1.54, 1.807) is 0 Å². The lowest BCUT2D eigenvalue weighted by molar-refractivity contribution is 0.111. The van der Waals surface area contributed by atoms with Gasteiger partial charge in [-0.25, -0.2) is 0 Å². The van der Waals surface area contributed by atoms with E-state index in [2.05, 4.69) is 44.1 Å². The largest absolute Gasteiger partial charge is 0.315 e. The molecule has 0 bridgehead atoms. The lowest BCUT2D eigenvalue weighted by atomic mass is 9.85. The van der Waals surface area contributed by atoms with Crippen LogP contribution in [-0.2, 0) is 0 Å². The lowest BCUT2D eigenvalue weighted by Gasteiger charge is -2.42. The van der Waals surface area contributed by atoms with Crippen molar-refractivity contribution < 1.29 is 0 Å². The number of hydrogen-bond donors (Lipinski definition) is 1. The Labute approximate surface area is 95.4 Å². The van der Waals surface area contributed by atoms with Gasteiger partial charge in [-0.3, -0.25) is 0 Å². The van der Waals surface area contributed by atoms with Gasteiger partial charge in [0.1, 0.15) is 0 Å². The van der Waals surface area contributed by atoms with Crippen LogP contribution in [0.25, 0.3) is 0 Å². The summed E-state index contributed by atoms with van der Waals surface area (Å²) in [5, 5.41) is 3.42. The summed E-state index contributed by atoms with van der Waals surface area (Å²) in [6.07, 6.45) is 9.54. The van der Waals surface area contributed by atoms with Crippen LogP contribution in [0.2, 0.25) is 0 Å². The summed E-state index contributed by atoms with van der Waals surface area (Å²) in [7, 11) is 6.34. The van der Waals surface area contributed by atoms with E-state index in [1.807, 2.05) is 7.05 Å². The molecule has 0 aromatic rings. The molecule has 2 atom stereocenters. The third-order valence-corrected chi connectivity index (χ3v) is 3.65. The molecule has 2 nitrogen and oxygen atoms in total. The zero-order chi connectivity index (χ0) is 11.9. The molecule has 15 heavy (non-hydrogen) atoms. The SMILES string of the molecule is C#CCCCC(NC)C(C)(CC)N(C)C. The number of terminal acetylenes is 1. The highest BCUT2D eigenvalue weighted by Gasteiger charge is 2.32. The van der Waals surface area contributed by atoms with Gasteiger partial charge >= 0.3 is 0 Å². The van der Waals surface area contributed by atoms with E-state index in [-0.39, 0.29) is 5.54 Å². The number of unbranched alkanes of at least 4 members (excludes halogenated alkanes) is 1. The van der Waals surface area contributed by atoms with Gasteiger partial charge in [0.25, 0.3) is 0 Å². The predicted molar refractivity (Wildman–Crippen MR) is 67.9 cm³/mol. The maximum absolute atomic E-state index is 5.28. The molecule has 1 N–H and O–H groups in total. The van der Waals surface area contributed by atoms with Crippen LogP contribution in [0.15, 0.2) is 0 Å². The molecule has 0 aliphatic carbocycles. The van der Waals surface area contributed by atoms with Crippen molar-refractivity contribution in [3.8, 4) is 12.3 Å². The Balaban J connectivity index is 4.41. The number of nitrogens with one attached hydrogen (secondary N) is 1. The van der Waals surface area contributed by atoms with Crippen LogP contribution in [-0.4, -0.2) is 37.6 Å². The Kier molecular flexibility index (Phi) is 6.63. The van der Waals surface area contributed by atoms with E-state index in [9.17, 15) is 0 Å². The molecule has 0 saturated heterocycles. The second-order valence-electron chi connectivity index (χ2n) is 4.54. The Hall–Kier alpha value is -0.520. The lowest BCUT2D eigenvalue weighted by Crippen LogP contribution is -2.55. The van der Waals surface area contributed by atoms with Crippen molar-refractivity contribution in [3.05, 3.63) is 0 Å². The summed E-state index contributed by atoms with van der Waals surface area (Å²) in [5.74, 6) is 2.70. The molecule has 0 fully saturated rings. The molecular formula is C13H26N2. The average Bonchev–Trinajstić information content (AvgIpc) is 2.23. The van der Waals surface area contributed by atoms with Crippen molar-refractivity contribution in [3.63, 3.8) is 0 Å². The summed E-state index contributed by atoms with van der Waals surface area (Å²) in [6.45, 7) is 4.55. The van der Waals surface area contributed by atoms with Gasteiger partial charge in [0.15, 0.2) is 0 Å². The van der Waals surface area contributed by atoms with Crippen LogP contribution < -0.4 is 5.32 Å². The highest BCUT2D eigenvalue weighted by Crippen LogP contribution is 2.24. The molecular weight excluding hydrogens is 184 g/mol. The standard InChI is InChI=1S/C13H26N2/c1-7-9-10-11-12(14-4)13(3,8-2)15(5)6/h1,12,14H,8-11H2,2-6H3. The average molecular weight is 210 g/mol. The minimum atomic E-state index is 0.212. The van der Waals surface area contributed by atoms with Crippen LogP contribution in [0.5, 0.6) is 0 Å². The second-order valence-corrected chi connectivity index (χ2v) is 4.54. The first kappa shape index (κ1) is 14.5. The quantitative estimate of drug-likeness (QED) is 0.511. The van der Waals surface area contributed by atoms with Crippen LogP contribution in [0.3, 0.4) is 0 Å². The van der Waals surface area contributed by atoms with E-state index in [0.29, 0.717) is 6.04 Å². The van der Waals surface area contributed by atoms with Gasteiger partial charge < -0.3 is 10.2 Å². The molecule has 0 amide bonds. The molecule has 0 aromatic carbocycles. The summed E-state index contributed by atoms with van der Waals surface area (Å²) in [6, 6.07) is 0.505. The van der Waals surface area contributed by atoms with E-state index in [1.165, 1.54) is 0 Å². The summed E-state index contributed by atoms with van der Waals surface area (Å²) in [5.41, 5.74) is 0.212. The molecule has 0 aromatic heterocycles. The molecule has 88 valence electrons. The summed E-state index contributed by atoms with van der Waals surface area (Å²) < 4.78 is 0. The highest BCUT2D eigenvalue weighted by atomic mass is 15.2. The topological polar surface area (TPSA) is 15.3 Å². The molecule has 2 unspecified atom stereocenters. The molecule has 0 spiro atoms. The van der Waals surface area contributed by atoms with Crippen molar-refractivity contribution in [2.75, 3.05) is 21.1 Å². The highest BCUT2D eigenvalue weighted by molar-refractivity contribution is 4.94. The molecule has 0 rings (SSSR count). The van der Waals surface area contributed by atoms with Crippen molar-refractivity contribution >= 4 is 0 Å². The van der Waals surface area contributed by atoms with E-state index in [0.717, 1.165) is 25.7 Å². The van der Waals surface area contributed by atoms with Gasteiger partial charge in [-0.15, -0.1) is 12.3 Å². The zero-order valence-electron chi connectivity index (χ0n) is 10.9. The molecule has 0 radical (unpaired) electrons. The molecule has 0 aliphatic heterocycles. The van der Waals surface area contributed by atoms with Crippen LogP contribution in [0.1, 0.15) is 39.5 Å².